The van der Waals surface area contributed by atoms with Gasteiger partial charge in [0.1, 0.15) is 0 Å². The highest BCUT2D eigenvalue weighted by atomic mass is 31.1. The van der Waals surface area contributed by atoms with Gasteiger partial charge in [0.15, 0.2) is 0 Å². The molecule has 66 valence electrons. The molecule has 2 atom stereocenters. The van der Waals surface area contributed by atoms with Crippen LogP contribution in [-0.4, -0.2) is 16.3 Å². The lowest BCUT2D eigenvalue weighted by molar-refractivity contribution is -0.0257. The van der Waals surface area contributed by atoms with Gasteiger partial charge in [-0.15, -0.1) is 4.89 Å². The highest BCUT2D eigenvalue weighted by Gasteiger charge is 2.19. The van der Waals surface area contributed by atoms with Crippen molar-refractivity contribution in [2.75, 3.05) is 0 Å². The normalized spacial score (nSPS) is 14.6. The third kappa shape index (κ3) is 7.88. The Morgan fingerprint density at radius 3 is 2.64 bits per heavy atom. The van der Waals surface area contributed by atoms with Crippen molar-refractivity contribution in [3.05, 3.63) is 0 Å². The first-order valence-corrected chi connectivity index (χ1v) is 4.80. The van der Waals surface area contributed by atoms with Gasteiger partial charge in [0, 0.05) is 11.0 Å². The van der Waals surface area contributed by atoms with Crippen molar-refractivity contribution in [1.82, 2.24) is 0 Å². The average Bonchev–Trinajstić information content (AvgIpc) is 1.86. The minimum absolute atomic E-state index is 0.426. The number of aliphatic hydroxyl groups is 1. The fourth-order valence-corrected chi connectivity index (χ4v) is 1.04. The van der Waals surface area contributed by atoms with Crippen molar-refractivity contribution in [2.45, 2.75) is 38.9 Å². The summed E-state index contributed by atoms with van der Waals surface area (Å²) in [5.74, 6) is 0. The Balaban J connectivity index is 3.22. The lowest BCUT2D eigenvalue weighted by Crippen LogP contribution is -2.06. The van der Waals surface area contributed by atoms with Crippen molar-refractivity contribution in [3.63, 3.8) is 0 Å². The highest BCUT2D eigenvalue weighted by molar-refractivity contribution is 7.32. The van der Waals surface area contributed by atoms with Crippen molar-refractivity contribution in [1.29, 1.82) is 0 Å². The predicted molar refractivity (Wildman–Crippen MR) is 41.1 cm³/mol. The summed E-state index contributed by atoms with van der Waals surface area (Å²) in [6.07, 6.45) is 2.21. The SMILES string of the molecule is CCCCCC(O)O[P+](=O)O. The van der Waals surface area contributed by atoms with Crippen LogP contribution in [0.3, 0.4) is 0 Å². The summed E-state index contributed by atoms with van der Waals surface area (Å²) in [5, 5.41) is 8.88. The van der Waals surface area contributed by atoms with E-state index in [0.29, 0.717) is 6.42 Å². The van der Waals surface area contributed by atoms with E-state index >= 15 is 0 Å². The molecule has 0 fully saturated rings. The van der Waals surface area contributed by atoms with Crippen LogP contribution in [0.4, 0.5) is 0 Å². The molecule has 0 bridgehead atoms. The molecule has 11 heavy (non-hydrogen) atoms. The molecule has 0 heterocycles. The highest BCUT2D eigenvalue weighted by Crippen LogP contribution is 2.19. The van der Waals surface area contributed by atoms with Gasteiger partial charge in [-0.2, -0.15) is 0 Å². The van der Waals surface area contributed by atoms with Gasteiger partial charge in [-0.3, -0.25) is 0 Å². The predicted octanol–water partition coefficient (Wildman–Crippen LogP) is 1.55. The van der Waals surface area contributed by atoms with Crippen LogP contribution in [0.15, 0.2) is 0 Å². The second-order valence-corrected chi connectivity index (χ2v) is 2.98. The van der Waals surface area contributed by atoms with E-state index in [9.17, 15) is 4.57 Å². The standard InChI is InChI=1S/C6H13O4P/c1-2-3-4-5-6(7)10-11(8)9/h6-7H,2-5H2,1H3/p+1. The van der Waals surface area contributed by atoms with Crippen molar-refractivity contribution < 1.29 is 19.1 Å². The van der Waals surface area contributed by atoms with Gasteiger partial charge >= 0.3 is 8.25 Å². The molecular weight excluding hydrogens is 167 g/mol. The van der Waals surface area contributed by atoms with Crippen LogP contribution >= 0.6 is 8.25 Å². The van der Waals surface area contributed by atoms with E-state index in [1.165, 1.54) is 0 Å². The maximum atomic E-state index is 10.0. The summed E-state index contributed by atoms with van der Waals surface area (Å²) in [5.41, 5.74) is 0. The van der Waals surface area contributed by atoms with E-state index in [2.05, 4.69) is 4.52 Å². The Labute approximate surface area is 67.1 Å². The van der Waals surface area contributed by atoms with Crippen LogP contribution in [0.2, 0.25) is 0 Å². The van der Waals surface area contributed by atoms with E-state index < -0.39 is 14.5 Å². The molecule has 0 saturated heterocycles. The van der Waals surface area contributed by atoms with Crippen LogP contribution in [0, 0.1) is 0 Å². The van der Waals surface area contributed by atoms with E-state index in [-0.39, 0.29) is 0 Å². The number of aliphatic hydroxyl groups excluding tert-OH is 1. The van der Waals surface area contributed by atoms with Crippen molar-refractivity contribution in [2.24, 2.45) is 0 Å². The van der Waals surface area contributed by atoms with Gasteiger partial charge in [-0.25, -0.2) is 0 Å². The zero-order valence-electron chi connectivity index (χ0n) is 6.56. The summed E-state index contributed by atoms with van der Waals surface area (Å²) in [7, 11) is -2.66. The largest absolute Gasteiger partial charge is 0.697 e. The lowest BCUT2D eigenvalue weighted by Gasteiger charge is -2.00. The second-order valence-electron chi connectivity index (χ2n) is 2.29. The van der Waals surface area contributed by atoms with Gasteiger partial charge in [-0.05, 0) is 6.42 Å². The monoisotopic (exact) mass is 181 g/mol. The molecule has 0 saturated carbocycles. The quantitative estimate of drug-likeness (QED) is 0.370. The van der Waals surface area contributed by atoms with Gasteiger partial charge in [0.2, 0.25) is 6.29 Å². The summed E-state index contributed by atoms with van der Waals surface area (Å²) >= 11 is 0. The molecule has 0 aromatic heterocycles. The van der Waals surface area contributed by atoms with Gasteiger partial charge in [0.05, 0.1) is 0 Å². The number of rotatable bonds is 6. The van der Waals surface area contributed by atoms with E-state index in [1.54, 1.807) is 0 Å². The van der Waals surface area contributed by atoms with Gasteiger partial charge < -0.3 is 5.11 Å². The molecule has 0 radical (unpaired) electrons. The molecule has 0 aromatic carbocycles. The summed E-state index contributed by atoms with van der Waals surface area (Å²) in [4.78, 5) is 8.21. The zero-order chi connectivity index (χ0) is 8.69. The molecular formula is C6H14O4P+. The maximum absolute atomic E-state index is 10.0. The topological polar surface area (TPSA) is 66.8 Å². The number of unbranched alkanes of at least 4 members (excludes halogenated alkanes) is 2. The Hall–Kier alpha value is -0.0200. The maximum Gasteiger partial charge on any atom is 0.697 e. The molecule has 0 aliphatic carbocycles. The van der Waals surface area contributed by atoms with Crippen molar-refractivity contribution in [3.8, 4) is 0 Å². The molecule has 4 nitrogen and oxygen atoms in total. The fraction of sp³-hybridized carbons (Fsp3) is 1.00. The fourth-order valence-electron chi connectivity index (χ4n) is 0.726. The first-order chi connectivity index (χ1) is 5.16. The van der Waals surface area contributed by atoms with Crippen LogP contribution in [0.1, 0.15) is 32.6 Å². The molecule has 0 aromatic rings. The van der Waals surface area contributed by atoms with E-state index in [0.717, 1.165) is 19.3 Å². The zero-order valence-corrected chi connectivity index (χ0v) is 7.46. The Morgan fingerprint density at radius 2 is 2.18 bits per heavy atom. The number of hydrogen-bond donors (Lipinski definition) is 2. The van der Waals surface area contributed by atoms with Crippen LogP contribution < -0.4 is 0 Å². The molecule has 0 aliphatic heterocycles. The molecule has 2 unspecified atom stereocenters. The van der Waals surface area contributed by atoms with Crippen LogP contribution in [0.25, 0.3) is 0 Å². The van der Waals surface area contributed by atoms with E-state index in [1.807, 2.05) is 6.92 Å². The Kier molecular flexibility index (Phi) is 6.66. The smallest absolute Gasteiger partial charge is 0.364 e. The Morgan fingerprint density at radius 1 is 1.55 bits per heavy atom. The van der Waals surface area contributed by atoms with Crippen LogP contribution in [-0.2, 0) is 9.09 Å². The molecule has 0 spiro atoms. The molecule has 2 N–H and O–H groups in total. The second kappa shape index (κ2) is 6.68. The molecule has 0 amide bonds. The molecule has 0 rings (SSSR count). The number of hydrogen-bond acceptors (Lipinski definition) is 3. The van der Waals surface area contributed by atoms with Crippen molar-refractivity contribution >= 4 is 8.25 Å². The summed E-state index contributed by atoms with van der Waals surface area (Å²) in [6, 6.07) is 0. The summed E-state index contributed by atoms with van der Waals surface area (Å²) < 4.78 is 14.2. The Bertz CT molecular complexity index is 117. The van der Waals surface area contributed by atoms with Gasteiger partial charge in [-0.1, -0.05) is 24.3 Å². The van der Waals surface area contributed by atoms with Gasteiger partial charge in [0.25, 0.3) is 0 Å². The molecule has 0 aliphatic rings. The van der Waals surface area contributed by atoms with Crippen LogP contribution in [0.5, 0.6) is 0 Å². The summed E-state index contributed by atoms with van der Waals surface area (Å²) in [6.45, 7) is 2.04. The minimum Gasteiger partial charge on any atom is -0.364 e. The van der Waals surface area contributed by atoms with E-state index in [4.69, 9.17) is 10.00 Å². The third-order valence-corrected chi connectivity index (χ3v) is 1.69. The molecule has 5 heteroatoms. The first kappa shape index (κ1) is 11.0. The first-order valence-electron chi connectivity index (χ1n) is 3.67. The lowest BCUT2D eigenvalue weighted by atomic mass is 10.2. The third-order valence-electron chi connectivity index (χ3n) is 1.27. The average molecular weight is 181 g/mol. The minimum atomic E-state index is -2.66.